The summed E-state index contributed by atoms with van der Waals surface area (Å²) in [4.78, 5) is 15.1. The van der Waals surface area contributed by atoms with Gasteiger partial charge in [0.25, 0.3) is 0 Å². The highest BCUT2D eigenvalue weighted by atomic mass is 35.5. The Morgan fingerprint density at radius 2 is 2.38 bits per heavy atom. The smallest absolute Gasteiger partial charge is 0.222 e. The van der Waals surface area contributed by atoms with Crippen LogP contribution in [-0.4, -0.2) is 12.1 Å². The van der Waals surface area contributed by atoms with Crippen LogP contribution in [0.2, 0.25) is 5.02 Å². The van der Waals surface area contributed by atoms with Crippen LogP contribution in [0.25, 0.3) is 0 Å². The van der Waals surface area contributed by atoms with Crippen LogP contribution < -0.4 is 5.73 Å². The Labute approximate surface area is 96.8 Å². The summed E-state index contributed by atoms with van der Waals surface area (Å²) < 4.78 is 13.2. The SMILES string of the molecule is NC(=O)CC=NOCc1c(F)cccc1Cl. The second-order valence-electron chi connectivity index (χ2n) is 2.93. The fourth-order valence-electron chi connectivity index (χ4n) is 0.952. The van der Waals surface area contributed by atoms with Crippen molar-refractivity contribution in [3.8, 4) is 0 Å². The molecule has 1 aromatic carbocycles. The van der Waals surface area contributed by atoms with Crippen LogP contribution in [0.15, 0.2) is 23.4 Å². The van der Waals surface area contributed by atoms with E-state index < -0.39 is 11.7 Å². The van der Waals surface area contributed by atoms with Gasteiger partial charge < -0.3 is 10.6 Å². The summed E-state index contributed by atoms with van der Waals surface area (Å²) in [6.45, 7) is -0.0965. The quantitative estimate of drug-likeness (QED) is 0.635. The zero-order valence-corrected chi connectivity index (χ0v) is 9.08. The van der Waals surface area contributed by atoms with Gasteiger partial charge in [-0.3, -0.25) is 4.79 Å². The lowest BCUT2D eigenvalue weighted by atomic mass is 10.2. The Bertz CT molecular complexity index is 390. The third kappa shape index (κ3) is 3.86. The maximum absolute atomic E-state index is 13.2. The number of hydrogen-bond donors (Lipinski definition) is 1. The zero-order valence-electron chi connectivity index (χ0n) is 8.32. The molecule has 1 rings (SSSR count). The molecule has 0 aliphatic carbocycles. The van der Waals surface area contributed by atoms with Crippen LogP contribution in [-0.2, 0) is 16.2 Å². The van der Waals surface area contributed by atoms with E-state index in [0.29, 0.717) is 0 Å². The van der Waals surface area contributed by atoms with E-state index >= 15 is 0 Å². The largest absolute Gasteiger partial charge is 0.391 e. The van der Waals surface area contributed by atoms with Crippen molar-refractivity contribution < 1.29 is 14.0 Å². The van der Waals surface area contributed by atoms with Crippen molar-refractivity contribution in [2.75, 3.05) is 0 Å². The number of benzene rings is 1. The van der Waals surface area contributed by atoms with Crippen molar-refractivity contribution in [2.24, 2.45) is 10.9 Å². The lowest BCUT2D eigenvalue weighted by Crippen LogP contribution is -2.10. The Morgan fingerprint density at radius 3 is 3.00 bits per heavy atom. The van der Waals surface area contributed by atoms with Crippen molar-refractivity contribution in [3.63, 3.8) is 0 Å². The van der Waals surface area contributed by atoms with Crippen LogP contribution in [0.4, 0.5) is 4.39 Å². The van der Waals surface area contributed by atoms with E-state index in [1.165, 1.54) is 18.3 Å². The molecule has 0 saturated carbocycles. The van der Waals surface area contributed by atoms with Gasteiger partial charge >= 0.3 is 0 Å². The lowest BCUT2D eigenvalue weighted by molar-refractivity contribution is -0.116. The van der Waals surface area contributed by atoms with Crippen molar-refractivity contribution in [1.82, 2.24) is 0 Å². The van der Waals surface area contributed by atoms with Gasteiger partial charge in [-0.2, -0.15) is 0 Å². The maximum atomic E-state index is 13.2. The van der Waals surface area contributed by atoms with Gasteiger partial charge in [-0.1, -0.05) is 22.8 Å². The molecular formula is C10H10ClFN2O2. The average Bonchev–Trinajstić information content (AvgIpc) is 2.21. The number of nitrogens with two attached hydrogens (primary N) is 1. The van der Waals surface area contributed by atoms with E-state index in [-0.39, 0.29) is 23.6 Å². The molecule has 0 unspecified atom stereocenters. The van der Waals surface area contributed by atoms with E-state index in [9.17, 15) is 9.18 Å². The van der Waals surface area contributed by atoms with Gasteiger partial charge in [0.2, 0.25) is 5.91 Å². The molecule has 16 heavy (non-hydrogen) atoms. The number of primary amides is 1. The molecule has 0 bridgehead atoms. The zero-order chi connectivity index (χ0) is 12.0. The molecule has 0 atom stereocenters. The van der Waals surface area contributed by atoms with Gasteiger partial charge in [-0.15, -0.1) is 0 Å². The van der Waals surface area contributed by atoms with Gasteiger partial charge in [0.1, 0.15) is 12.4 Å². The first-order chi connectivity index (χ1) is 7.61. The molecule has 1 amide bonds. The first-order valence-electron chi connectivity index (χ1n) is 4.46. The average molecular weight is 245 g/mol. The minimum atomic E-state index is -0.517. The molecule has 0 saturated heterocycles. The van der Waals surface area contributed by atoms with Crippen LogP contribution in [0.3, 0.4) is 0 Å². The summed E-state index contributed by atoms with van der Waals surface area (Å²) >= 11 is 5.75. The van der Waals surface area contributed by atoms with E-state index in [1.807, 2.05) is 0 Å². The first-order valence-corrected chi connectivity index (χ1v) is 4.84. The van der Waals surface area contributed by atoms with Gasteiger partial charge in [0.15, 0.2) is 0 Å². The standard InChI is InChI=1S/C10H10ClFN2O2/c11-8-2-1-3-9(12)7(8)6-16-14-5-4-10(13)15/h1-3,5H,4,6H2,(H2,13,15). The minimum Gasteiger partial charge on any atom is -0.391 e. The van der Waals surface area contributed by atoms with Crippen molar-refractivity contribution in [3.05, 3.63) is 34.6 Å². The fraction of sp³-hybridized carbons (Fsp3) is 0.200. The van der Waals surface area contributed by atoms with E-state index in [2.05, 4.69) is 5.16 Å². The van der Waals surface area contributed by atoms with E-state index in [1.54, 1.807) is 6.07 Å². The summed E-state index contributed by atoms with van der Waals surface area (Å²) in [5.74, 6) is -0.978. The highest BCUT2D eigenvalue weighted by Crippen LogP contribution is 2.19. The third-order valence-corrected chi connectivity index (χ3v) is 2.07. The predicted molar refractivity (Wildman–Crippen MR) is 58.5 cm³/mol. The number of halogens is 2. The third-order valence-electron chi connectivity index (χ3n) is 1.71. The van der Waals surface area contributed by atoms with Gasteiger partial charge in [-0.25, -0.2) is 4.39 Å². The summed E-state index contributed by atoms with van der Waals surface area (Å²) in [5.41, 5.74) is 5.09. The van der Waals surface area contributed by atoms with Gasteiger partial charge in [-0.05, 0) is 12.1 Å². The second-order valence-corrected chi connectivity index (χ2v) is 3.34. The number of nitrogens with zero attached hydrogens (tertiary/aromatic N) is 1. The number of carbonyl (C=O) groups excluding carboxylic acids is 1. The van der Waals surface area contributed by atoms with Gasteiger partial charge in [0, 0.05) is 5.56 Å². The van der Waals surface area contributed by atoms with Crippen molar-refractivity contribution in [1.29, 1.82) is 0 Å². The second kappa shape index (κ2) is 6.07. The highest BCUT2D eigenvalue weighted by molar-refractivity contribution is 6.31. The molecule has 0 radical (unpaired) electrons. The van der Waals surface area contributed by atoms with Crippen LogP contribution in [0.1, 0.15) is 12.0 Å². The summed E-state index contributed by atoms with van der Waals surface area (Å²) in [7, 11) is 0. The fourth-order valence-corrected chi connectivity index (χ4v) is 1.17. The Morgan fingerprint density at radius 1 is 1.62 bits per heavy atom. The molecule has 0 fully saturated rings. The molecule has 4 nitrogen and oxygen atoms in total. The predicted octanol–water partition coefficient (Wildman–Crippen LogP) is 1.86. The molecule has 0 aliphatic rings. The van der Waals surface area contributed by atoms with Crippen LogP contribution in [0, 0.1) is 5.82 Å². The first kappa shape index (κ1) is 12.4. The topological polar surface area (TPSA) is 64.7 Å². The van der Waals surface area contributed by atoms with Gasteiger partial charge in [0.05, 0.1) is 17.7 Å². The molecule has 2 N–H and O–H groups in total. The lowest BCUT2D eigenvalue weighted by Gasteiger charge is -2.03. The van der Waals surface area contributed by atoms with Crippen molar-refractivity contribution in [2.45, 2.75) is 13.0 Å². The number of rotatable bonds is 5. The molecular weight excluding hydrogens is 235 g/mol. The molecule has 1 aromatic rings. The number of amides is 1. The van der Waals surface area contributed by atoms with E-state index in [4.69, 9.17) is 22.2 Å². The molecule has 0 aliphatic heterocycles. The number of oxime groups is 1. The minimum absolute atomic E-state index is 0.0228. The Balaban J connectivity index is 2.49. The molecule has 86 valence electrons. The van der Waals surface area contributed by atoms with Crippen molar-refractivity contribution >= 4 is 23.7 Å². The number of carbonyl (C=O) groups is 1. The molecule has 0 aromatic heterocycles. The number of hydrogen-bond acceptors (Lipinski definition) is 3. The van der Waals surface area contributed by atoms with Crippen LogP contribution >= 0.6 is 11.6 Å². The summed E-state index contributed by atoms with van der Waals surface area (Å²) in [6.07, 6.45) is 1.18. The Hall–Kier alpha value is -1.62. The summed E-state index contributed by atoms with van der Waals surface area (Å²) in [6, 6.07) is 4.33. The monoisotopic (exact) mass is 244 g/mol. The van der Waals surface area contributed by atoms with Crippen LogP contribution in [0.5, 0.6) is 0 Å². The normalized spacial score (nSPS) is 10.6. The highest BCUT2D eigenvalue weighted by Gasteiger charge is 2.06. The Kier molecular flexibility index (Phi) is 4.72. The molecule has 6 heteroatoms. The maximum Gasteiger partial charge on any atom is 0.222 e. The summed E-state index contributed by atoms with van der Waals surface area (Å²) in [5, 5.41) is 3.71. The molecule has 0 heterocycles. The molecule has 0 spiro atoms. The van der Waals surface area contributed by atoms with E-state index in [0.717, 1.165) is 0 Å².